The Bertz CT molecular complexity index is 1400. The maximum atomic E-state index is 13.5. The second kappa shape index (κ2) is 9.79. The van der Waals surface area contributed by atoms with Gasteiger partial charge in [0.1, 0.15) is 18.2 Å². The highest BCUT2D eigenvalue weighted by atomic mass is 16.2. The molecule has 0 saturated carbocycles. The van der Waals surface area contributed by atoms with Crippen molar-refractivity contribution >= 4 is 34.9 Å². The number of aryl methyl sites for hydroxylation is 1. The van der Waals surface area contributed by atoms with Crippen molar-refractivity contribution in [3.8, 4) is 0 Å². The van der Waals surface area contributed by atoms with Crippen molar-refractivity contribution in [1.82, 2.24) is 14.9 Å². The molecule has 0 radical (unpaired) electrons. The maximum Gasteiger partial charge on any atom is 0.262 e. The van der Waals surface area contributed by atoms with Gasteiger partial charge >= 0.3 is 0 Å². The molecule has 1 aliphatic heterocycles. The molecule has 3 aromatic carbocycles. The van der Waals surface area contributed by atoms with Crippen LogP contribution >= 0.6 is 0 Å². The van der Waals surface area contributed by atoms with Crippen LogP contribution in [0.1, 0.15) is 32.0 Å². The number of nitrogens with zero attached hydrogens (tertiary/aromatic N) is 3. The summed E-state index contributed by atoms with van der Waals surface area (Å²) in [5.41, 5.74) is 3.63. The quantitative estimate of drug-likeness (QED) is 0.383. The zero-order valence-electron chi connectivity index (χ0n) is 19.5. The Morgan fingerprint density at radius 3 is 2.08 bits per heavy atom. The highest BCUT2D eigenvalue weighted by Gasteiger charge is 2.42. The van der Waals surface area contributed by atoms with Gasteiger partial charge in [0.15, 0.2) is 0 Å². The fourth-order valence-corrected chi connectivity index (χ4v) is 4.16. The molecular formula is C28H23N5O3. The van der Waals surface area contributed by atoms with E-state index in [0.29, 0.717) is 22.6 Å². The summed E-state index contributed by atoms with van der Waals surface area (Å²) in [6.07, 6.45) is 1.68. The molecule has 0 spiro atoms. The molecule has 0 saturated heterocycles. The summed E-state index contributed by atoms with van der Waals surface area (Å²) >= 11 is 0. The number of aromatic nitrogens is 2. The molecular weight excluding hydrogens is 454 g/mol. The Kier molecular flexibility index (Phi) is 6.23. The van der Waals surface area contributed by atoms with Crippen molar-refractivity contribution in [3.63, 3.8) is 0 Å². The Balaban J connectivity index is 1.37. The van der Waals surface area contributed by atoms with Gasteiger partial charge in [-0.1, -0.05) is 42.5 Å². The number of carbonyl (C=O) groups excluding carboxylic acids is 3. The van der Waals surface area contributed by atoms with E-state index in [1.165, 1.54) is 6.33 Å². The number of rotatable bonds is 7. The van der Waals surface area contributed by atoms with Gasteiger partial charge in [-0.05, 0) is 48.9 Å². The molecule has 2 N–H and O–H groups in total. The van der Waals surface area contributed by atoms with Crippen LogP contribution in [0.4, 0.5) is 17.2 Å². The third-order valence-corrected chi connectivity index (χ3v) is 5.94. The molecule has 5 rings (SSSR count). The Morgan fingerprint density at radius 1 is 0.833 bits per heavy atom. The molecule has 8 nitrogen and oxygen atoms in total. The van der Waals surface area contributed by atoms with E-state index in [1.807, 2.05) is 43.3 Å². The fourth-order valence-electron chi connectivity index (χ4n) is 4.16. The number of fused-ring (bicyclic) bond motifs is 1. The number of amides is 3. The predicted octanol–water partition coefficient (Wildman–Crippen LogP) is 4.37. The predicted molar refractivity (Wildman–Crippen MR) is 136 cm³/mol. The number of hydrogen-bond acceptors (Lipinski definition) is 6. The van der Waals surface area contributed by atoms with Crippen molar-refractivity contribution in [1.29, 1.82) is 0 Å². The lowest BCUT2D eigenvalue weighted by atomic mass is 10.0. The lowest BCUT2D eigenvalue weighted by Crippen LogP contribution is -2.48. The van der Waals surface area contributed by atoms with E-state index in [4.69, 9.17) is 0 Å². The second-order valence-corrected chi connectivity index (χ2v) is 8.47. The fraction of sp³-hybridized carbons (Fsp3) is 0.107. The molecule has 0 fully saturated rings. The van der Waals surface area contributed by atoms with Gasteiger partial charge in [-0.2, -0.15) is 0 Å². The molecule has 1 atom stereocenters. The first kappa shape index (κ1) is 22.9. The van der Waals surface area contributed by atoms with Crippen molar-refractivity contribution in [2.75, 3.05) is 10.6 Å². The SMILES string of the molecule is Cc1cc(Nc2ccc(NC(=O)C(Cc3ccccc3)N3C(=O)c4ccccc4C3=O)cc2)ncn1. The van der Waals surface area contributed by atoms with E-state index < -0.39 is 23.8 Å². The van der Waals surface area contributed by atoms with E-state index in [0.717, 1.165) is 21.8 Å². The van der Waals surface area contributed by atoms with Crippen LogP contribution in [0.15, 0.2) is 91.3 Å². The Hall–Kier alpha value is -4.85. The molecule has 0 bridgehead atoms. The normalized spacial score (nSPS) is 13.3. The summed E-state index contributed by atoms with van der Waals surface area (Å²) < 4.78 is 0. The lowest BCUT2D eigenvalue weighted by Gasteiger charge is -2.25. The minimum Gasteiger partial charge on any atom is -0.340 e. The van der Waals surface area contributed by atoms with E-state index in [1.54, 1.807) is 48.5 Å². The van der Waals surface area contributed by atoms with Crippen LogP contribution in [0.5, 0.6) is 0 Å². The van der Waals surface area contributed by atoms with E-state index >= 15 is 0 Å². The maximum absolute atomic E-state index is 13.5. The highest BCUT2D eigenvalue weighted by Crippen LogP contribution is 2.27. The monoisotopic (exact) mass is 477 g/mol. The number of benzene rings is 3. The number of imide groups is 1. The minimum atomic E-state index is -1.01. The average Bonchev–Trinajstić information content (AvgIpc) is 3.14. The van der Waals surface area contributed by atoms with Gasteiger partial charge in [0.2, 0.25) is 5.91 Å². The Labute approximate surface area is 208 Å². The van der Waals surface area contributed by atoms with Gasteiger partial charge in [-0.25, -0.2) is 9.97 Å². The van der Waals surface area contributed by atoms with Gasteiger partial charge in [0.25, 0.3) is 11.8 Å². The van der Waals surface area contributed by atoms with Crippen LogP contribution in [0.25, 0.3) is 0 Å². The van der Waals surface area contributed by atoms with E-state index in [9.17, 15) is 14.4 Å². The van der Waals surface area contributed by atoms with Crippen LogP contribution in [-0.4, -0.2) is 38.6 Å². The smallest absolute Gasteiger partial charge is 0.262 e. The minimum absolute atomic E-state index is 0.199. The molecule has 1 aromatic heterocycles. The van der Waals surface area contributed by atoms with Gasteiger partial charge < -0.3 is 10.6 Å². The zero-order chi connectivity index (χ0) is 25.1. The first-order valence-electron chi connectivity index (χ1n) is 11.5. The van der Waals surface area contributed by atoms with Crippen LogP contribution in [-0.2, 0) is 11.2 Å². The number of hydrogen-bond donors (Lipinski definition) is 2. The van der Waals surface area contributed by atoms with Gasteiger partial charge in [0, 0.05) is 29.6 Å². The molecule has 8 heteroatoms. The second-order valence-electron chi connectivity index (χ2n) is 8.47. The Morgan fingerprint density at radius 2 is 1.44 bits per heavy atom. The summed E-state index contributed by atoms with van der Waals surface area (Å²) in [4.78, 5) is 49.1. The third kappa shape index (κ3) is 4.69. The summed E-state index contributed by atoms with van der Waals surface area (Å²) in [6, 6.07) is 23.9. The number of nitrogens with one attached hydrogen (secondary N) is 2. The standard InChI is InChI=1S/C28H23N5O3/c1-18-15-25(30-17-29-18)31-20-11-13-21(14-12-20)32-26(34)24(16-19-7-3-2-4-8-19)33-27(35)22-9-5-6-10-23(22)28(33)36/h2-15,17,24H,16H2,1H3,(H,32,34)(H,29,30,31). The van der Waals surface area contributed by atoms with Crippen LogP contribution < -0.4 is 10.6 Å². The van der Waals surface area contributed by atoms with E-state index in [-0.39, 0.29) is 6.42 Å². The van der Waals surface area contributed by atoms with Crippen molar-refractivity contribution < 1.29 is 14.4 Å². The first-order chi connectivity index (χ1) is 17.5. The summed E-state index contributed by atoms with van der Waals surface area (Å²) in [7, 11) is 0. The molecule has 4 aromatic rings. The molecule has 36 heavy (non-hydrogen) atoms. The van der Waals surface area contributed by atoms with Crippen LogP contribution in [0.3, 0.4) is 0 Å². The van der Waals surface area contributed by atoms with Crippen LogP contribution in [0, 0.1) is 6.92 Å². The molecule has 3 amide bonds. The number of anilines is 3. The molecule has 2 heterocycles. The first-order valence-corrected chi connectivity index (χ1v) is 11.5. The lowest BCUT2D eigenvalue weighted by molar-refractivity contribution is -0.119. The van der Waals surface area contributed by atoms with Gasteiger partial charge in [-0.3, -0.25) is 19.3 Å². The van der Waals surface area contributed by atoms with Gasteiger partial charge in [0.05, 0.1) is 11.1 Å². The summed E-state index contributed by atoms with van der Waals surface area (Å²) in [5, 5.41) is 6.05. The average molecular weight is 478 g/mol. The van der Waals surface area contributed by atoms with E-state index in [2.05, 4.69) is 20.6 Å². The van der Waals surface area contributed by atoms with Crippen molar-refractivity contribution in [2.45, 2.75) is 19.4 Å². The highest BCUT2D eigenvalue weighted by molar-refractivity contribution is 6.23. The molecule has 0 aliphatic carbocycles. The topological polar surface area (TPSA) is 104 Å². The third-order valence-electron chi connectivity index (χ3n) is 5.94. The molecule has 1 aliphatic rings. The molecule has 178 valence electrons. The molecule has 1 unspecified atom stereocenters. The summed E-state index contributed by atoms with van der Waals surface area (Å²) in [6.45, 7) is 1.88. The van der Waals surface area contributed by atoms with Crippen LogP contribution in [0.2, 0.25) is 0 Å². The summed E-state index contributed by atoms with van der Waals surface area (Å²) in [5.74, 6) is -0.717. The van der Waals surface area contributed by atoms with Gasteiger partial charge in [-0.15, -0.1) is 0 Å². The largest absolute Gasteiger partial charge is 0.340 e. The zero-order valence-corrected chi connectivity index (χ0v) is 19.5. The van der Waals surface area contributed by atoms with Crippen molar-refractivity contribution in [3.05, 3.63) is 114 Å². The van der Waals surface area contributed by atoms with Crippen molar-refractivity contribution in [2.24, 2.45) is 0 Å². The number of carbonyl (C=O) groups is 3.